The van der Waals surface area contributed by atoms with Crippen LogP contribution in [0.25, 0.3) is 0 Å². The molecule has 1 saturated carbocycles. The molecular weight excluding hydrogens is 354 g/mol. The molecule has 2 atom stereocenters. The molecule has 1 saturated heterocycles. The van der Waals surface area contributed by atoms with Gasteiger partial charge in [-0.15, -0.1) is 0 Å². The largest absolute Gasteiger partial charge is 0.337 e. The molecule has 1 spiro atoms. The minimum Gasteiger partial charge on any atom is -0.337 e. The fourth-order valence-corrected chi connectivity index (χ4v) is 5.06. The van der Waals surface area contributed by atoms with Gasteiger partial charge in [0.15, 0.2) is 0 Å². The highest BCUT2D eigenvalue weighted by Gasteiger charge is 2.56. The van der Waals surface area contributed by atoms with Crippen molar-refractivity contribution in [3.05, 3.63) is 35.9 Å². The van der Waals surface area contributed by atoms with E-state index in [1.54, 1.807) is 4.90 Å². The standard InChI is InChI=1S/C22H31N3O3/c1-5-24(13-17-9-7-6-8-10-17)18(26)14-25-19(27)22(23-20(25)28)12-16(2)11-21(3,4)15-22/h6-10,16H,5,11-15H2,1-4H3,(H,23,28)/t16-,22-/m0/s1. The summed E-state index contributed by atoms with van der Waals surface area (Å²) in [5, 5.41) is 2.93. The Balaban J connectivity index is 1.72. The van der Waals surface area contributed by atoms with Crippen LogP contribution in [0.1, 0.15) is 52.5 Å². The number of carbonyl (C=O) groups is 3. The van der Waals surface area contributed by atoms with Gasteiger partial charge >= 0.3 is 6.03 Å². The van der Waals surface area contributed by atoms with Crippen LogP contribution in [-0.4, -0.2) is 46.3 Å². The van der Waals surface area contributed by atoms with Gasteiger partial charge in [-0.25, -0.2) is 4.79 Å². The van der Waals surface area contributed by atoms with E-state index in [0.717, 1.165) is 16.9 Å². The Bertz CT molecular complexity index is 762. The van der Waals surface area contributed by atoms with E-state index in [0.29, 0.717) is 31.8 Å². The highest BCUT2D eigenvalue weighted by Crippen LogP contribution is 2.46. The van der Waals surface area contributed by atoms with Crippen molar-refractivity contribution in [2.75, 3.05) is 13.1 Å². The first-order chi connectivity index (χ1) is 13.2. The van der Waals surface area contributed by atoms with E-state index in [1.165, 1.54) is 0 Å². The predicted molar refractivity (Wildman–Crippen MR) is 107 cm³/mol. The number of urea groups is 1. The minimum absolute atomic E-state index is 0.0244. The molecule has 0 radical (unpaired) electrons. The lowest BCUT2D eigenvalue weighted by molar-refractivity contribution is -0.141. The monoisotopic (exact) mass is 385 g/mol. The van der Waals surface area contributed by atoms with Crippen LogP contribution in [0.2, 0.25) is 0 Å². The van der Waals surface area contributed by atoms with Gasteiger partial charge in [-0.2, -0.15) is 0 Å². The third-order valence-corrected chi connectivity index (χ3v) is 5.87. The molecule has 0 bridgehead atoms. The van der Waals surface area contributed by atoms with E-state index in [-0.39, 0.29) is 23.8 Å². The average molecular weight is 386 g/mol. The number of carbonyl (C=O) groups excluding carboxylic acids is 3. The Labute approximate surface area is 167 Å². The summed E-state index contributed by atoms with van der Waals surface area (Å²) in [5.41, 5.74) is 0.132. The molecule has 1 aromatic carbocycles. The lowest BCUT2D eigenvalue weighted by Crippen LogP contribution is -2.54. The molecule has 4 amide bonds. The third kappa shape index (κ3) is 4.05. The number of nitrogens with zero attached hydrogens (tertiary/aromatic N) is 2. The van der Waals surface area contributed by atoms with Crippen molar-refractivity contribution in [3.63, 3.8) is 0 Å². The van der Waals surface area contributed by atoms with Crippen molar-refractivity contribution in [1.29, 1.82) is 0 Å². The molecule has 1 N–H and O–H groups in total. The van der Waals surface area contributed by atoms with Crippen molar-refractivity contribution < 1.29 is 14.4 Å². The van der Waals surface area contributed by atoms with Crippen molar-refractivity contribution in [1.82, 2.24) is 15.1 Å². The van der Waals surface area contributed by atoms with E-state index in [9.17, 15) is 14.4 Å². The summed E-state index contributed by atoms with van der Waals surface area (Å²) in [7, 11) is 0. The third-order valence-electron chi connectivity index (χ3n) is 5.87. The summed E-state index contributed by atoms with van der Waals surface area (Å²) < 4.78 is 0. The van der Waals surface area contributed by atoms with E-state index in [1.807, 2.05) is 37.3 Å². The second-order valence-electron chi connectivity index (χ2n) is 9.15. The van der Waals surface area contributed by atoms with Gasteiger partial charge in [-0.3, -0.25) is 14.5 Å². The summed E-state index contributed by atoms with van der Waals surface area (Å²) in [6.45, 7) is 9.07. The highest BCUT2D eigenvalue weighted by atomic mass is 16.2. The van der Waals surface area contributed by atoms with Gasteiger partial charge < -0.3 is 10.2 Å². The smallest absolute Gasteiger partial charge is 0.325 e. The first-order valence-corrected chi connectivity index (χ1v) is 10.1. The first-order valence-electron chi connectivity index (χ1n) is 10.1. The number of imide groups is 1. The number of likely N-dealkylation sites (N-methyl/N-ethyl adjacent to an activating group) is 1. The molecule has 3 rings (SSSR count). The number of nitrogens with one attached hydrogen (secondary N) is 1. The molecule has 1 heterocycles. The lowest BCUT2D eigenvalue weighted by Gasteiger charge is -2.43. The van der Waals surface area contributed by atoms with Crippen LogP contribution in [0.4, 0.5) is 4.79 Å². The van der Waals surface area contributed by atoms with E-state index >= 15 is 0 Å². The fourth-order valence-electron chi connectivity index (χ4n) is 5.06. The molecule has 0 unspecified atom stereocenters. The van der Waals surface area contributed by atoms with Crippen LogP contribution in [0.15, 0.2) is 30.3 Å². The van der Waals surface area contributed by atoms with Crippen LogP contribution in [0, 0.1) is 11.3 Å². The normalized spacial score (nSPS) is 26.4. The van der Waals surface area contributed by atoms with Gasteiger partial charge in [0.25, 0.3) is 5.91 Å². The van der Waals surface area contributed by atoms with Crippen LogP contribution < -0.4 is 5.32 Å². The van der Waals surface area contributed by atoms with E-state index in [4.69, 9.17) is 0 Å². The van der Waals surface area contributed by atoms with Crippen LogP contribution >= 0.6 is 0 Å². The van der Waals surface area contributed by atoms with Gasteiger partial charge in [-0.05, 0) is 43.1 Å². The Kier molecular flexibility index (Phi) is 5.50. The quantitative estimate of drug-likeness (QED) is 0.792. The topological polar surface area (TPSA) is 69.7 Å². The Hall–Kier alpha value is -2.37. The molecular formula is C22H31N3O3. The van der Waals surface area contributed by atoms with Crippen molar-refractivity contribution in [2.24, 2.45) is 11.3 Å². The number of benzene rings is 1. The molecule has 1 aliphatic heterocycles. The molecule has 2 fully saturated rings. The molecule has 0 aromatic heterocycles. The number of amides is 4. The maximum atomic E-state index is 13.2. The van der Waals surface area contributed by atoms with Gasteiger partial charge in [0.05, 0.1) is 0 Å². The lowest BCUT2D eigenvalue weighted by atomic mass is 9.64. The Morgan fingerprint density at radius 2 is 1.89 bits per heavy atom. The van der Waals surface area contributed by atoms with Gasteiger partial charge in [0.1, 0.15) is 12.1 Å². The van der Waals surface area contributed by atoms with Gasteiger partial charge in [-0.1, -0.05) is 51.1 Å². The Morgan fingerprint density at radius 1 is 1.21 bits per heavy atom. The molecule has 6 heteroatoms. The summed E-state index contributed by atoms with van der Waals surface area (Å²) in [6, 6.07) is 9.27. The second-order valence-corrected chi connectivity index (χ2v) is 9.15. The molecule has 28 heavy (non-hydrogen) atoms. The van der Waals surface area contributed by atoms with Crippen LogP contribution in [0.5, 0.6) is 0 Å². The second kappa shape index (κ2) is 7.57. The number of hydrogen-bond donors (Lipinski definition) is 1. The van der Waals surface area contributed by atoms with E-state index < -0.39 is 11.6 Å². The predicted octanol–water partition coefficient (Wildman–Crippen LogP) is 3.17. The first kappa shape index (κ1) is 20.4. The van der Waals surface area contributed by atoms with Crippen molar-refractivity contribution in [3.8, 4) is 0 Å². The summed E-state index contributed by atoms with van der Waals surface area (Å²) in [6.07, 6.45) is 2.27. The van der Waals surface area contributed by atoms with Crippen molar-refractivity contribution >= 4 is 17.8 Å². The van der Waals surface area contributed by atoms with Gasteiger partial charge in [0.2, 0.25) is 5.91 Å². The Morgan fingerprint density at radius 3 is 2.50 bits per heavy atom. The van der Waals surface area contributed by atoms with Gasteiger partial charge in [0, 0.05) is 13.1 Å². The number of hydrogen-bond acceptors (Lipinski definition) is 3. The van der Waals surface area contributed by atoms with Crippen LogP contribution in [0.3, 0.4) is 0 Å². The molecule has 1 aromatic rings. The molecule has 2 aliphatic rings. The summed E-state index contributed by atoms with van der Waals surface area (Å²) in [4.78, 5) is 41.4. The maximum Gasteiger partial charge on any atom is 0.325 e. The summed E-state index contributed by atoms with van der Waals surface area (Å²) >= 11 is 0. The number of rotatable bonds is 5. The summed E-state index contributed by atoms with van der Waals surface area (Å²) in [5.74, 6) is -0.120. The maximum absolute atomic E-state index is 13.2. The van der Waals surface area contributed by atoms with Crippen molar-refractivity contribution in [2.45, 2.75) is 59.0 Å². The van der Waals surface area contributed by atoms with E-state index in [2.05, 4.69) is 26.1 Å². The zero-order valence-corrected chi connectivity index (χ0v) is 17.3. The SMILES string of the molecule is CCN(Cc1ccccc1)C(=O)CN1C(=O)N[C@]2(C[C@@H](C)CC(C)(C)C2)C1=O. The zero-order chi connectivity index (χ0) is 20.5. The molecule has 6 nitrogen and oxygen atoms in total. The highest BCUT2D eigenvalue weighted by molar-refractivity contribution is 6.09. The average Bonchev–Trinajstić information content (AvgIpc) is 2.82. The fraction of sp³-hybridized carbons (Fsp3) is 0.591. The minimum atomic E-state index is -0.866. The van der Waals surface area contributed by atoms with Crippen LogP contribution in [-0.2, 0) is 16.1 Å². The molecule has 152 valence electrons. The molecule has 1 aliphatic carbocycles. The zero-order valence-electron chi connectivity index (χ0n) is 17.3.